The third kappa shape index (κ3) is 5.25. The lowest BCUT2D eigenvalue weighted by Crippen LogP contribution is -2.49. The fourth-order valence-electron chi connectivity index (χ4n) is 2.71. The first-order valence-electron chi connectivity index (χ1n) is 7.71. The van der Waals surface area contributed by atoms with Crippen LogP contribution in [0.15, 0.2) is 0 Å². The maximum Gasteiger partial charge on any atom is 0.0611 e. The van der Waals surface area contributed by atoms with E-state index in [4.69, 9.17) is 0 Å². The number of nitrogens with zero attached hydrogens (tertiary/aromatic N) is 1. The van der Waals surface area contributed by atoms with Gasteiger partial charge in [0.05, 0.1) is 6.61 Å². The molecular formula is C15H32N2O. The first kappa shape index (κ1) is 15.9. The van der Waals surface area contributed by atoms with E-state index in [0.717, 1.165) is 25.9 Å². The zero-order valence-corrected chi connectivity index (χ0v) is 12.5. The Bertz CT molecular complexity index is 223. The van der Waals surface area contributed by atoms with Gasteiger partial charge in [-0.3, -0.25) is 0 Å². The van der Waals surface area contributed by atoms with Crippen molar-refractivity contribution in [3.8, 4) is 0 Å². The zero-order valence-electron chi connectivity index (χ0n) is 12.5. The van der Waals surface area contributed by atoms with Crippen molar-refractivity contribution in [3.05, 3.63) is 0 Å². The molecule has 0 radical (unpaired) electrons. The molecule has 0 aromatic rings. The van der Waals surface area contributed by atoms with Gasteiger partial charge in [0.25, 0.3) is 0 Å². The molecule has 0 aromatic heterocycles. The van der Waals surface area contributed by atoms with Crippen LogP contribution >= 0.6 is 0 Å². The summed E-state index contributed by atoms with van der Waals surface area (Å²) >= 11 is 0. The van der Waals surface area contributed by atoms with Crippen molar-refractivity contribution in [2.45, 2.75) is 70.9 Å². The van der Waals surface area contributed by atoms with E-state index in [9.17, 15) is 5.11 Å². The molecule has 2 atom stereocenters. The van der Waals surface area contributed by atoms with Gasteiger partial charge >= 0.3 is 0 Å². The van der Waals surface area contributed by atoms with Gasteiger partial charge in [-0.1, -0.05) is 19.8 Å². The van der Waals surface area contributed by atoms with E-state index in [-0.39, 0.29) is 12.1 Å². The van der Waals surface area contributed by atoms with Crippen LogP contribution < -0.4 is 5.32 Å². The molecule has 3 nitrogen and oxygen atoms in total. The molecule has 2 N–H and O–H groups in total. The van der Waals surface area contributed by atoms with Gasteiger partial charge in [-0.2, -0.15) is 0 Å². The highest BCUT2D eigenvalue weighted by Gasteiger charge is 2.25. The van der Waals surface area contributed by atoms with Crippen molar-refractivity contribution >= 4 is 0 Å². The van der Waals surface area contributed by atoms with Gasteiger partial charge in [0.1, 0.15) is 0 Å². The van der Waals surface area contributed by atoms with Crippen LogP contribution in [0.2, 0.25) is 0 Å². The summed E-state index contributed by atoms with van der Waals surface area (Å²) in [5.41, 5.74) is -0.109. The van der Waals surface area contributed by atoms with Crippen LogP contribution in [0.1, 0.15) is 59.3 Å². The Morgan fingerprint density at radius 2 is 2.11 bits per heavy atom. The molecule has 1 rings (SSSR count). The van der Waals surface area contributed by atoms with E-state index in [0.29, 0.717) is 6.04 Å². The third-order valence-corrected chi connectivity index (χ3v) is 4.29. The lowest BCUT2D eigenvalue weighted by Gasteiger charge is -2.34. The summed E-state index contributed by atoms with van der Waals surface area (Å²) in [6.45, 7) is 10.2. The molecule has 1 heterocycles. The molecule has 3 heteroatoms. The van der Waals surface area contributed by atoms with Crippen LogP contribution in [-0.2, 0) is 0 Å². The standard InChI is InChI=1S/C15H32N2O/c1-4-10-16-15(3,13-18)9-12-17-11-7-5-6-8-14(17)2/h14,16,18H,4-13H2,1-3H3. The van der Waals surface area contributed by atoms with Crippen molar-refractivity contribution in [2.24, 2.45) is 0 Å². The highest BCUT2D eigenvalue weighted by atomic mass is 16.3. The van der Waals surface area contributed by atoms with Crippen molar-refractivity contribution in [3.63, 3.8) is 0 Å². The molecule has 108 valence electrons. The summed E-state index contributed by atoms with van der Waals surface area (Å²) in [6.07, 6.45) is 7.58. The fourth-order valence-corrected chi connectivity index (χ4v) is 2.71. The number of hydrogen-bond donors (Lipinski definition) is 2. The highest BCUT2D eigenvalue weighted by molar-refractivity contribution is 4.84. The van der Waals surface area contributed by atoms with E-state index in [1.165, 1.54) is 32.2 Å². The maximum atomic E-state index is 9.58. The van der Waals surface area contributed by atoms with E-state index in [2.05, 4.69) is 31.0 Å². The largest absolute Gasteiger partial charge is 0.394 e. The highest BCUT2D eigenvalue weighted by Crippen LogP contribution is 2.18. The summed E-state index contributed by atoms with van der Waals surface area (Å²) in [4.78, 5) is 2.61. The molecule has 1 fully saturated rings. The molecule has 18 heavy (non-hydrogen) atoms. The number of likely N-dealkylation sites (tertiary alicyclic amines) is 1. The first-order valence-corrected chi connectivity index (χ1v) is 7.71. The van der Waals surface area contributed by atoms with Crippen molar-refractivity contribution in [1.29, 1.82) is 0 Å². The fraction of sp³-hybridized carbons (Fsp3) is 1.00. The SMILES string of the molecule is CCCNC(C)(CO)CCN1CCCCCC1C. The molecular weight excluding hydrogens is 224 g/mol. The molecule has 0 aromatic carbocycles. The summed E-state index contributed by atoms with van der Waals surface area (Å²) in [6, 6.07) is 0.710. The Hall–Kier alpha value is -0.120. The number of aliphatic hydroxyl groups excluding tert-OH is 1. The molecule has 1 saturated heterocycles. The predicted molar refractivity (Wildman–Crippen MR) is 77.9 cm³/mol. The van der Waals surface area contributed by atoms with Crippen LogP contribution in [0.3, 0.4) is 0 Å². The van der Waals surface area contributed by atoms with E-state index >= 15 is 0 Å². The van der Waals surface area contributed by atoms with Gasteiger partial charge in [0.15, 0.2) is 0 Å². The van der Waals surface area contributed by atoms with Crippen molar-refractivity contribution in [1.82, 2.24) is 10.2 Å². The maximum absolute atomic E-state index is 9.58. The average molecular weight is 256 g/mol. The average Bonchev–Trinajstić information content (AvgIpc) is 2.59. The number of hydrogen-bond acceptors (Lipinski definition) is 3. The Labute approximate surface area is 113 Å². The summed E-state index contributed by atoms with van der Waals surface area (Å²) < 4.78 is 0. The lowest BCUT2D eigenvalue weighted by atomic mass is 9.98. The van der Waals surface area contributed by atoms with Crippen molar-refractivity contribution in [2.75, 3.05) is 26.2 Å². The monoisotopic (exact) mass is 256 g/mol. The number of nitrogens with one attached hydrogen (secondary N) is 1. The minimum Gasteiger partial charge on any atom is -0.394 e. The van der Waals surface area contributed by atoms with Gasteiger partial charge in [-0.25, -0.2) is 0 Å². The van der Waals surface area contributed by atoms with Gasteiger partial charge in [0.2, 0.25) is 0 Å². The topological polar surface area (TPSA) is 35.5 Å². The molecule has 2 unspecified atom stereocenters. The van der Waals surface area contributed by atoms with Crippen LogP contribution in [0.4, 0.5) is 0 Å². The van der Waals surface area contributed by atoms with E-state index in [1.54, 1.807) is 0 Å². The second-order valence-corrected chi connectivity index (χ2v) is 6.13. The molecule has 0 saturated carbocycles. The number of rotatable bonds is 7. The quantitative estimate of drug-likeness (QED) is 0.734. The van der Waals surface area contributed by atoms with E-state index < -0.39 is 0 Å². The normalized spacial score (nSPS) is 25.7. The van der Waals surface area contributed by atoms with Crippen LogP contribution in [0.25, 0.3) is 0 Å². The van der Waals surface area contributed by atoms with Crippen LogP contribution in [0.5, 0.6) is 0 Å². The Morgan fingerprint density at radius 1 is 1.33 bits per heavy atom. The Balaban J connectivity index is 2.40. The number of aliphatic hydroxyl groups is 1. The van der Waals surface area contributed by atoms with Crippen LogP contribution in [0, 0.1) is 0 Å². The molecule has 0 amide bonds. The minimum atomic E-state index is -0.109. The molecule has 0 spiro atoms. The summed E-state index contributed by atoms with van der Waals surface area (Å²) in [5.74, 6) is 0. The van der Waals surface area contributed by atoms with Crippen molar-refractivity contribution < 1.29 is 5.11 Å². The van der Waals surface area contributed by atoms with E-state index in [1.807, 2.05) is 0 Å². The summed E-state index contributed by atoms with van der Waals surface area (Å²) in [7, 11) is 0. The molecule has 1 aliphatic heterocycles. The smallest absolute Gasteiger partial charge is 0.0611 e. The summed E-state index contributed by atoms with van der Waals surface area (Å²) in [5, 5.41) is 13.1. The predicted octanol–water partition coefficient (Wildman–Crippen LogP) is 2.39. The second kappa shape index (κ2) is 8.13. The Morgan fingerprint density at radius 3 is 2.78 bits per heavy atom. The lowest BCUT2D eigenvalue weighted by molar-refractivity contribution is 0.132. The first-order chi connectivity index (χ1) is 8.61. The second-order valence-electron chi connectivity index (χ2n) is 6.13. The third-order valence-electron chi connectivity index (χ3n) is 4.29. The minimum absolute atomic E-state index is 0.109. The van der Waals surface area contributed by atoms with Crippen LogP contribution in [-0.4, -0.2) is 47.8 Å². The Kier molecular flexibility index (Phi) is 7.20. The molecule has 0 bridgehead atoms. The molecule has 1 aliphatic rings. The van der Waals surface area contributed by atoms with Gasteiger partial charge in [-0.15, -0.1) is 0 Å². The zero-order chi connectivity index (χ0) is 13.4. The molecule has 0 aliphatic carbocycles. The van der Waals surface area contributed by atoms with Gasteiger partial charge in [0, 0.05) is 18.1 Å². The van der Waals surface area contributed by atoms with Gasteiger partial charge < -0.3 is 15.3 Å². The van der Waals surface area contributed by atoms with Gasteiger partial charge in [-0.05, 0) is 52.6 Å².